The second-order valence-corrected chi connectivity index (χ2v) is 8.11. The van der Waals surface area contributed by atoms with Gasteiger partial charge in [0.05, 0.1) is 21.8 Å². The van der Waals surface area contributed by atoms with Crippen LogP contribution in [0.1, 0.15) is 32.3 Å². The van der Waals surface area contributed by atoms with Crippen LogP contribution in [-0.4, -0.2) is 46.3 Å². The summed E-state index contributed by atoms with van der Waals surface area (Å²) in [5.41, 5.74) is 0.530. The summed E-state index contributed by atoms with van der Waals surface area (Å²) >= 11 is 2.95. The maximum atomic E-state index is 14.1. The predicted molar refractivity (Wildman–Crippen MR) is 111 cm³/mol. The van der Waals surface area contributed by atoms with Gasteiger partial charge in [-0.25, -0.2) is 23.5 Å². The molecule has 0 bridgehead atoms. The molecule has 2 aromatic rings. The maximum Gasteiger partial charge on any atom is 0.410 e. The van der Waals surface area contributed by atoms with Crippen LogP contribution >= 0.6 is 15.9 Å². The van der Waals surface area contributed by atoms with E-state index in [1.165, 1.54) is 6.33 Å². The van der Waals surface area contributed by atoms with Crippen LogP contribution in [0.25, 0.3) is 0 Å². The number of hydrogen-bond acceptors (Lipinski definition) is 6. The van der Waals surface area contributed by atoms with Crippen LogP contribution in [0.3, 0.4) is 0 Å². The van der Waals surface area contributed by atoms with Crippen molar-refractivity contribution in [3.8, 4) is 5.88 Å². The number of hydrogen-bond donors (Lipinski definition) is 1. The summed E-state index contributed by atoms with van der Waals surface area (Å²) in [6.07, 6.45) is 1.95. The molecule has 2 heterocycles. The number of likely N-dealkylation sites (tertiary alicyclic amines) is 1. The smallest absolute Gasteiger partial charge is 0.410 e. The summed E-state index contributed by atoms with van der Waals surface area (Å²) in [7, 11) is 0. The number of carbonyl (C=O) groups is 1. The highest BCUT2D eigenvalue weighted by atomic mass is 79.9. The van der Waals surface area contributed by atoms with Gasteiger partial charge in [-0.1, -0.05) is 0 Å². The Morgan fingerprint density at radius 1 is 1.23 bits per heavy atom. The number of anilines is 2. The van der Waals surface area contributed by atoms with Crippen molar-refractivity contribution < 1.29 is 23.0 Å². The molecule has 3 rings (SSSR count). The Hall–Kier alpha value is -2.49. The minimum atomic E-state index is -0.621. The van der Waals surface area contributed by atoms with Gasteiger partial charge in [-0.3, -0.25) is 0 Å². The lowest BCUT2D eigenvalue weighted by Gasteiger charge is -2.32. The summed E-state index contributed by atoms with van der Waals surface area (Å²) in [5, 5.41) is 2.79. The van der Waals surface area contributed by atoms with E-state index >= 15 is 0 Å². The molecule has 1 aromatic carbocycles. The third kappa shape index (κ3) is 5.35. The van der Waals surface area contributed by atoms with Gasteiger partial charge >= 0.3 is 6.09 Å². The van der Waals surface area contributed by atoms with Crippen LogP contribution in [0.5, 0.6) is 5.88 Å². The molecule has 1 saturated heterocycles. The van der Waals surface area contributed by atoms with Crippen molar-refractivity contribution in [2.45, 2.75) is 45.8 Å². The minimum absolute atomic E-state index is 0.0394. The first-order valence-electron chi connectivity index (χ1n) is 9.60. The Balaban J connectivity index is 1.65. The number of benzene rings is 1. The van der Waals surface area contributed by atoms with Gasteiger partial charge in [-0.05, 0) is 42.8 Å². The SMILES string of the molecule is Cc1c(Nc2cc(F)c(Br)cc2F)ncnc1OC1CCN(C(=O)OC(C)C)CC1. The van der Waals surface area contributed by atoms with E-state index < -0.39 is 11.6 Å². The summed E-state index contributed by atoms with van der Waals surface area (Å²) in [4.78, 5) is 21.9. The van der Waals surface area contributed by atoms with Crippen molar-refractivity contribution in [2.24, 2.45) is 0 Å². The molecule has 1 aliphatic heterocycles. The summed E-state index contributed by atoms with van der Waals surface area (Å²) < 4.78 is 39.1. The Morgan fingerprint density at radius 2 is 1.93 bits per heavy atom. The molecule has 1 N–H and O–H groups in total. The topological polar surface area (TPSA) is 76.6 Å². The zero-order valence-corrected chi connectivity index (χ0v) is 18.5. The molecule has 162 valence electrons. The van der Waals surface area contributed by atoms with E-state index in [0.717, 1.165) is 12.1 Å². The molecular weight excluding hydrogens is 462 g/mol. The molecule has 7 nitrogen and oxygen atoms in total. The van der Waals surface area contributed by atoms with E-state index in [1.807, 2.05) is 13.8 Å². The monoisotopic (exact) mass is 484 g/mol. The summed E-state index contributed by atoms with van der Waals surface area (Å²) in [6, 6.07) is 2.09. The first kappa shape index (κ1) is 22.2. The van der Waals surface area contributed by atoms with E-state index in [-0.39, 0.29) is 28.5 Å². The highest BCUT2D eigenvalue weighted by Gasteiger charge is 2.26. The number of piperidine rings is 1. The predicted octanol–water partition coefficient (Wildman–Crippen LogP) is 4.96. The second kappa shape index (κ2) is 9.55. The van der Waals surface area contributed by atoms with E-state index in [4.69, 9.17) is 9.47 Å². The fourth-order valence-corrected chi connectivity index (χ4v) is 3.33. The van der Waals surface area contributed by atoms with Crippen LogP contribution < -0.4 is 10.1 Å². The summed E-state index contributed by atoms with van der Waals surface area (Å²) in [6.45, 7) is 6.40. The maximum absolute atomic E-state index is 14.1. The highest BCUT2D eigenvalue weighted by Crippen LogP contribution is 2.29. The molecule has 0 saturated carbocycles. The lowest BCUT2D eigenvalue weighted by Crippen LogP contribution is -2.42. The van der Waals surface area contributed by atoms with Crippen LogP contribution in [0, 0.1) is 18.6 Å². The van der Waals surface area contributed by atoms with E-state index in [0.29, 0.717) is 43.2 Å². The molecule has 1 aliphatic rings. The third-order valence-electron chi connectivity index (χ3n) is 4.62. The first-order valence-corrected chi connectivity index (χ1v) is 10.4. The average molecular weight is 485 g/mol. The fourth-order valence-electron chi connectivity index (χ4n) is 3.01. The number of carbonyl (C=O) groups excluding carboxylic acids is 1. The molecular formula is C20H23BrF2N4O3. The largest absolute Gasteiger partial charge is 0.474 e. The number of amides is 1. The van der Waals surface area contributed by atoms with Crippen molar-refractivity contribution in [1.29, 1.82) is 0 Å². The normalized spacial score (nSPS) is 14.7. The second-order valence-electron chi connectivity index (χ2n) is 7.26. The van der Waals surface area contributed by atoms with Crippen molar-refractivity contribution in [3.05, 3.63) is 40.1 Å². The van der Waals surface area contributed by atoms with Crippen molar-refractivity contribution in [1.82, 2.24) is 14.9 Å². The fraction of sp³-hybridized carbons (Fsp3) is 0.450. The van der Waals surface area contributed by atoms with E-state index in [1.54, 1.807) is 11.8 Å². The van der Waals surface area contributed by atoms with Gasteiger partial charge in [0.25, 0.3) is 0 Å². The van der Waals surface area contributed by atoms with Gasteiger partial charge in [0, 0.05) is 32.0 Å². The van der Waals surface area contributed by atoms with Gasteiger partial charge < -0.3 is 19.7 Å². The number of halogens is 3. The highest BCUT2D eigenvalue weighted by molar-refractivity contribution is 9.10. The molecule has 0 aliphatic carbocycles. The van der Waals surface area contributed by atoms with Gasteiger partial charge in [-0.15, -0.1) is 0 Å². The molecule has 0 atom stereocenters. The average Bonchev–Trinajstić information content (AvgIpc) is 2.69. The number of aromatic nitrogens is 2. The summed E-state index contributed by atoms with van der Waals surface area (Å²) in [5.74, 6) is -0.540. The van der Waals surface area contributed by atoms with Crippen LogP contribution in [0.4, 0.5) is 25.1 Å². The lowest BCUT2D eigenvalue weighted by atomic mass is 10.1. The number of ether oxygens (including phenoxy) is 2. The van der Waals surface area contributed by atoms with E-state index in [9.17, 15) is 13.6 Å². The Morgan fingerprint density at radius 3 is 2.60 bits per heavy atom. The zero-order valence-electron chi connectivity index (χ0n) is 16.9. The van der Waals surface area contributed by atoms with Gasteiger partial charge in [0.2, 0.25) is 5.88 Å². The van der Waals surface area contributed by atoms with Gasteiger partial charge in [0.15, 0.2) is 0 Å². The molecule has 0 unspecified atom stereocenters. The van der Waals surface area contributed by atoms with Gasteiger partial charge in [0.1, 0.15) is 29.9 Å². The van der Waals surface area contributed by atoms with Crippen LogP contribution in [0.2, 0.25) is 0 Å². The molecule has 1 amide bonds. The third-order valence-corrected chi connectivity index (χ3v) is 5.22. The molecule has 1 aromatic heterocycles. The standard InChI is InChI=1S/C20H23BrF2N4O3/c1-11(2)29-20(28)27-6-4-13(5-7-27)30-19-12(3)18(24-10-25-19)26-17-9-15(22)14(21)8-16(17)23/h8-11,13H,4-7H2,1-3H3,(H,24,25,26). The number of nitrogens with zero attached hydrogens (tertiary/aromatic N) is 3. The van der Waals surface area contributed by atoms with Crippen molar-refractivity contribution >= 4 is 33.5 Å². The Bertz CT molecular complexity index is 921. The first-order chi connectivity index (χ1) is 14.2. The lowest BCUT2D eigenvalue weighted by molar-refractivity contribution is 0.0505. The zero-order chi connectivity index (χ0) is 21.8. The Labute approximate surface area is 181 Å². The van der Waals surface area contributed by atoms with Crippen LogP contribution in [-0.2, 0) is 4.74 Å². The molecule has 0 radical (unpaired) electrons. The van der Waals surface area contributed by atoms with Gasteiger partial charge in [-0.2, -0.15) is 0 Å². The molecule has 30 heavy (non-hydrogen) atoms. The molecule has 0 spiro atoms. The van der Waals surface area contributed by atoms with Crippen LogP contribution in [0.15, 0.2) is 22.9 Å². The number of nitrogens with one attached hydrogen (secondary N) is 1. The quantitative estimate of drug-likeness (QED) is 0.604. The van der Waals surface area contributed by atoms with Crippen molar-refractivity contribution in [2.75, 3.05) is 18.4 Å². The minimum Gasteiger partial charge on any atom is -0.474 e. The number of rotatable bonds is 5. The Kier molecular flexibility index (Phi) is 7.06. The van der Waals surface area contributed by atoms with Crippen molar-refractivity contribution in [3.63, 3.8) is 0 Å². The molecule has 10 heteroatoms. The molecule has 1 fully saturated rings. The van der Waals surface area contributed by atoms with E-state index in [2.05, 4.69) is 31.2 Å².